The minimum absolute atomic E-state index is 0.281. The maximum Gasteiger partial charge on any atom is 0.285 e. The van der Waals surface area contributed by atoms with Crippen molar-refractivity contribution in [2.45, 2.75) is 11.8 Å². The number of rotatable bonds is 4. The molecule has 1 aliphatic heterocycles. The molecule has 1 aliphatic rings. The number of hydrogen-bond donors (Lipinski definition) is 0. The van der Waals surface area contributed by atoms with E-state index in [2.05, 4.69) is 4.40 Å². The third-order valence-corrected chi connectivity index (χ3v) is 4.07. The van der Waals surface area contributed by atoms with Crippen molar-refractivity contribution in [1.82, 2.24) is 4.90 Å². The predicted octanol–water partition coefficient (Wildman–Crippen LogP) is 1.10. The molecule has 0 amide bonds. The second-order valence-corrected chi connectivity index (χ2v) is 5.58. The Bertz CT molecular complexity index is 566. The van der Waals surface area contributed by atoms with Crippen LogP contribution in [0, 0.1) is 0 Å². The van der Waals surface area contributed by atoms with Crippen LogP contribution in [0.3, 0.4) is 0 Å². The second kappa shape index (κ2) is 5.07. The van der Waals surface area contributed by atoms with Gasteiger partial charge in [0.1, 0.15) is 4.90 Å². The van der Waals surface area contributed by atoms with Gasteiger partial charge in [0.05, 0.1) is 6.61 Å². The van der Waals surface area contributed by atoms with Gasteiger partial charge in [0, 0.05) is 25.8 Å². The lowest BCUT2D eigenvalue weighted by Crippen LogP contribution is -2.30. The van der Waals surface area contributed by atoms with Crippen LogP contribution in [-0.2, 0) is 14.8 Å². The van der Waals surface area contributed by atoms with Crippen molar-refractivity contribution in [3.8, 4) is 0 Å². The smallest absolute Gasteiger partial charge is 0.285 e. The minimum atomic E-state index is -3.52. The third-order valence-electron chi connectivity index (χ3n) is 2.75. The Morgan fingerprint density at radius 3 is 2.78 bits per heavy atom. The SMILES string of the molecule is CCOCCN(C)C1=NS(=O)(=O)c2ccccc21. The molecule has 0 saturated carbocycles. The fourth-order valence-electron chi connectivity index (χ4n) is 1.82. The van der Waals surface area contributed by atoms with Gasteiger partial charge in [-0.1, -0.05) is 12.1 Å². The largest absolute Gasteiger partial charge is 0.380 e. The summed E-state index contributed by atoms with van der Waals surface area (Å²) < 4.78 is 32.8. The molecule has 6 heteroatoms. The molecule has 98 valence electrons. The first-order chi connectivity index (χ1) is 8.56. The summed E-state index contributed by atoms with van der Waals surface area (Å²) in [6.07, 6.45) is 0. The van der Waals surface area contributed by atoms with Crippen molar-refractivity contribution >= 4 is 15.9 Å². The van der Waals surface area contributed by atoms with Gasteiger partial charge in [-0.3, -0.25) is 0 Å². The Morgan fingerprint density at radius 1 is 1.33 bits per heavy atom. The van der Waals surface area contributed by atoms with Crippen molar-refractivity contribution in [3.05, 3.63) is 29.8 Å². The molecule has 0 unspecified atom stereocenters. The fraction of sp³-hybridized carbons (Fsp3) is 0.417. The second-order valence-electron chi connectivity index (χ2n) is 4.00. The molecule has 5 nitrogen and oxygen atoms in total. The average molecular weight is 268 g/mol. The summed E-state index contributed by atoms with van der Waals surface area (Å²) in [7, 11) is -1.71. The first-order valence-electron chi connectivity index (χ1n) is 5.79. The van der Waals surface area contributed by atoms with Crippen molar-refractivity contribution in [1.29, 1.82) is 0 Å². The van der Waals surface area contributed by atoms with Crippen LogP contribution < -0.4 is 0 Å². The molecule has 0 aliphatic carbocycles. The minimum Gasteiger partial charge on any atom is -0.380 e. The van der Waals surface area contributed by atoms with Gasteiger partial charge in [-0.25, -0.2) is 0 Å². The van der Waals surface area contributed by atoms with Gasteiger partial charge in [0.15, 0.2) is 5.84 Å². The van der Waals surface area contributed by atoms with Gasteiger partial charge in [0.2, 0.25) is 0 Å². The van der Waals surface area contributed by atoms with Crippen molar-refractivity contribution in [3.63, 3.8) is 0 Å². The summed E-state index contributed by atoms with van der Waals surface area (Å²) in [4.78, 5) is 2.09. The normalized spacial score (nSPS) is 16.2. The van der Waals surface area contributed by atoms with E-state index in [4.69, 9.17) is 4.74 Å². The standard InChI is InChI=1S/C12H16N2O3S/c1-3-17-9-8-14(2)12-10-6-4-5-7-11(10)18(15,16)13-12/h4-7H,3,8-9H2,1-2H3. The van der Waals surface area contributed by atoms with Gasteiger partial charge in [-0.05, 0) is 19.1 Å². The van der Waals surface area contributed by atoms with E-state index in [1.807, 2.05) is 20.0 Å². The number of hydrogen-bond acceptors (Lipinski definition) is 4. The summed E-state index contributed by atoms with van der Waals surface area (Å²) in [6, 6.07) is 6.87. The zero-order valence-electron chi connectivity index (χ0n) is 10.5. The Kier molecular flexibility index (Phi) is 3.68. The number of sulfonamides is 1. The van der Waals surface area contributed by atoms with Gasteiger partial charge in [-0.15, -0.1) is 4.40 Å². The molecule has 0 bridgehead atoms. The fourth-order valence-corrected chi connectivity index (χ4v) is 3.07. The van der Waals surface area contributed by atoms with Crippen LogP contribution in [0.15, 0.2) is 33.6 Å². The molecule has 1 aromatic rings. The van der Waals surface area contributed by atoms with Gasteiger partial charge >= 0.3 is 0 Å². The number of nitrogens with zero attached hydrogens (tertiary/aromatic N) is 2. The summed E-state index contributed by atoms with van der Waals surface area (Å²) in [5, 5.41) is 0. The Morgan fingerprint density at radius 2 is 2.06 bits per heavy atom. The van der Waals surface area contributed by atoms with E-state index in [9.17, 15) is 8.42 Å². The molecule has 0 N–H and O–H groups in total. The molecule has 0 radical (unpaired) electrons. The van der Waals surface area contributed by atoms with Gasteiger partial charge in [-0.2, -0.15) is 8.42 Å². The maximum atomic E-state index is 11.9. The van der Waals surface area contributed by atoms with E-state index in [0.717, 1.165) is 0 Å². The van der Waals surface area contributed by atoms with Gasteiger partial charge in [0.25, 0.3) is 10.0 Å². The van der Waals surface area contributed by atoms with E-state index < -0.39 is 10.0 Å². The summed E-state index contributed by atoms with van der Waals surface area (Å²) >= 11 is 0. The molecule has 0 fully saturated rings. The molecule has 0 saturated heterocycles. The summed E-state index contributed by atoms with van der Waals surface area (Å²) in [6.45, 7) is 3.73. The molecule has 0 aromatic heterocycles. The molecule has 2 rings (SSSR count). The third kappa shape index (κ3) is 2.39. The monoisotopic (exact) mass is 268 g/mol. The van der Waals surface area contributed by atoms with E-state index in [-0.39, 0.29) is 4.90 Å². The first-order valence-corrected chi connectivity index (χ1v) is 7.23. The van der Waals surface area contributed by atoms with Crippen LogP contribution >= 0.6 is 0 Å². The van der Waals surface area contributed by atoms with E-state index in [1.54, 1.807) is 23.1 Å². The molecule has 18 heavy (non-hydrogen) atoms. The topological polar surface area (TPSA) is 59.0 Å². The van der Waals surface area contributed by atoms with Crippen LogP contribution in [0.1, 0.15) is 12.5 Å². The van der Waals surface area contributed by atoms with E-state index in [1.165, 1.54) is 0 Å². The zero-order chi connectivity index (χ0) is 13.2. The Labute approximate surface area is 107 Å². The van der Waals surface area contributed by atoms with Gasteiger partial charge < -0.3 is 9.64 Å². The molecular weight excluding hydrogens is 252 g/mol. The van der Waals surface area contributed by atoms with Crippen LogP contribution in [-0.4, -0.2) is 46.0 Å². The number of fused-ring (bicyclic) bond motifs is 1. The van der Waals surface area contributed by atoms with Crippen LogP contribution in [0.5, 0.6) is 0 Å². The zero-order valence-corrected chi connectivity index (χ0v) is 11.3. The lowest BCUT2D eigenvalue weighted by atomic mass is 10.2. The quantitative estimate of drug-likeness (QED) is 0.767. The number of benzene rings is 1. The molecule has 1 aromatic carbocycles. The summed E-state index contributed by atoms with van der Waals surface area (Å²) in [5.74, 6) is 0.491. The Hall–Kier alpha value is -1.40. The van der Waals surface area contributed by atoms with E-state index >= 15 is 0 Å². The molecule has 1 heterocycles. The number of likely N-dealkylation sites (N-methyl/N-ethyl adjacent to an activating group) is 1. The highest BCUT2D eigenvalue weighted by molar-refractivity contribution is 7.90. The van der Waals surface area contributed by atoms with Crippen LogP contribution in [0.25, 0.3) is 0 Å². The lowest BCUT2D eigenvalue weighted by Gasteiger charge is -2.18. The van der Waals surface area contributed by atoms with Crippen LogP contribution in [0.4, 0.5) is 0 Å². The molecular formula is C12H16N2O3S. The van der Waals surface area contributed by atoms with Crippen molar-refractivity contribution in [2.75, 3.05) is 26.8 Å². The van der Waals surface area contributed by atoms with Crippen LogP contribution in [0.2, 0.25) is 0 Å². The lowest BCUT2D eigenvalue weighted by molar-refractivity contribution is 0.137. The number of amidine groups is 1. The first kappa shape index (κ1) is 13.0. The van der Waals surface area contributed by atoms with E-state index in [0.29, 0.717) is 31.2 Å². The molecule has 0 spiro atoms. The highest BCUT2D eigenvalue weighted by atomic mass is 32.2. The summed E-state index contributed by atoms with van der Waals surface area (Å²) in [5.41, 5.74) is 0.663. The highest BCUT2D eigenvalue weighted by Gasteiger charge is 2.30. The Balaban J connectivity index is 2.25. The molecule has 0 atom stereocenters. The highest BCUT2D eigenvalue weighted by Crippen LogP contribution is 2.26. The van der Waals surface area contributed by atoms with Crippen molar-refractivity contribution in [2.24, 2.45) is 4.40 Å². The number of ether oxygens (including phenoxy) is 1. The average Bonchev–Trinajstić information content (AvgIpc) is 2.63. The predicted molar refractivity (Wildman–Crippen MR) is 69.3 cm³/mol. The van der Waals surface area contributed by atoms with Crippen molar-refractivity contribution < 1.29 is 13.2 Å². The maximum absolute atomic E-state index is 11.9.